The van der Waals surface area contributed by atoms with Gasteiger partial charge in [0.25, 0.3) is 0 Å². The van der Waals surface area contributed by atoms with Gasteiger partial charge in [-0.15, -0.1) is 0 Å². The Balaban J connectivity index is 2.34. The highest BCUT2D eigenvalue weighted by Crippen LogP contribution is 2.38. The second-order valence-corrected chi connectivity index (χ2v) is 6.29. The average molecular weight is 258 g/mol. The van der Waals surface area contributed by atoms with Gasteiger partial charge in [0.05, 0.1) is 11.4 Å². The Labute approximate surface area is 110 Å². The summed E-state index contributed by atoms with van der Waals surface area (Å²) in [4.78, 5) is 4.61. The van der Waals surface area contributed by atoms with E-state index in [4.69, 9.17) is 0 Å². The number of hydrogen-bond acceptors (Lipinski definition) is 2. The largest absolute Gasteiger partial charge is 0.382 e. The number of aromatic nitrogens is 1. The number of benzene rings is 1. The predicted molar refractivity (Wildman–Crippen MR) is 79.7 cm³/mol. The average Bonchev–Trinajstić information content (AvgIpc) is 2.38. The van der Waals surface area contributed by atoms with Crippen LogP contribution < -0.4 is 5.32 Å². The molecular formula is C15H19N2P. The van der Waals surface area contributed by atoms with Crippen molar-refractivity contribution in [1.82, 2.24) is 4.98 Å². The smallest absolute Gasteiger partial charge is 0.0745 e. The Morgan fingerprint density at radius 3 is 2.83 bits per heavy atom. The molecule has 1 aromatic carbocycles. The van der Waals surface area contributed by atoms with Crippen LogP contribution in [0.15, 0.2) is 11.7 Å². The minimum atomic E-state index is 0.554. The highest BCUT2D eigenvalue weighted by Gasteiger charge is 2.25. The van der Waals surface area contributed by atoms with Crippen LogP contribution >= 0.6 is 8.19 Å². The Bertz CT molecular complexity index is 567. The summed E-state index contributed by atoms with van der Waals surface area (Å²) in [7, 11) is 1.19. The summed E-state index contributed by atoms with van der Waals surface area (Å²) in [5, 5.41) is 5.02. The Morgan fingerprint density at radius 1 is 1.28 bits per heavy atom. The van der Waals surface area contributed by atoms with Crippen molar-refractivity contribution in [2.24, 2.45) is 5.92 Å². The summed E-state index contributed by atoms with van der Waals surface area (Å²) < 4.78 is 0. The molecule has 18 heavy (non-hydrogen) atoms. The van der Waals surface area contributed by atoms with Crippen molar-refractivity contribution in [2.75, 3.05) is 5.32 Å². The third-order valence-corrected chi connectivity index (χ3v) is 5.01. The lowest BCUT2D eigenvalue weighted by Gasteiger charge is -2.33. The summed E-state index contributed by atoms with van der Waals surface area (Å²) in [6.45, 7) is 9.04. The topological polar surface area (TPSA) is 24.9 Å². The number of hydrogen-bond donors (Lipinski definition) is 1. The molecule has 2 atom stereocenters. The molecule has 2 unspecified atom stereocenters. The summed E-state index contributed by atoms with van der Waals surface area (Å²) in [5.41, 5.74) is 6.75. The second-order valence-electron chi connectivity index (χ2n) is 5.50. The molecule has 0 saturated heterocycles. The van der Waals surface area contributed by atoms with E-state index in [1.54, 1.807) is 0 Å². The molecule has 1 aliphatic heterocycles. The van der Waals surface area contributed by atoms with Crippen LogP contribution in [0, 0.1) is 19.8 Å². The van der Waals surface area contributed by atoms with Gasteiger partial charge in [0.1, 0.15) is 0 Å². The molecule has 0 spiro atoms. The van der Waals surface area contributed by atoms with Gasteiger partial charge in [0.15, 0.2) is 0 Å². The van der Waals surface area contributed by atoms with Gasteiger partial charge in [-0.05, 0) is 55.6 Å². The summed E-state index contributed by atoms with van der Waals surface area (Å²) in [6.07, 6.45) is 1.16. The fourth-order valence-electron chi connectivity index (χ4n) is 2.91. The van der Waals surface area contributed by atoms with Crippen molar-refractivity contribution in [3.05, 3.63) is 28.4 Å². The zero-order valence-corrected chi connectivity index (χ0v) is 12.3. The van der Waals surface area contributed by atoms with E-state index in [9.17, 15) is 0 Å². The van der Waals surface area contributed by atoms with Crippen LogP contribution in [0.4, 0.5) is 5.69 Å². The molecule has 1 aromatic heterocycles. The fraction of sp³-hybridized carbons (Fsp3) is 0.467. The third-order valence-electron chi connectivity index (χ3n) is 4.35. The molecule has 2 aromatic rings. The highest BCUT2D eigenvalue weighted by atomic mass is 31.0. The third kappa shape index (κ3) is 1.63. The first-order valence-electron chi connectivity index (χ1n) is 6.58. The highest BCUT2D eigenvalue weighted by molar-refractivity contribution is 7.28. The minimum Gasteiger partial charge on any atom is -0.382 e. The van der Waals surface area contributed by atoms with Crippen LogP contribution in [0.5, 0.6) is 0 Å². The summed E-state index contributed by atoms with van der Waals surface area (Å²) in [6, 6.07) is 0.554. The molecule has 0 radical (unpaired) electrons. The molecule has 2 nitrogen and oxygen atoms in total. The molecule has 3 heteroatoms. The van der Waals surface area contributed by atoms with E-state index in [-0.39, 0.29) is 0 Å². The first-order chi connectivity index (χ1) is 8.59. The fourth-order valence-corrected chi connectivity index (χ4v) is 3.63. The van der Waals surface area contributed by atoms with Crippen molar-refractivity contribution < 1.29 is 0 Å². The molecule has 1 aliphatic rings. The van der Waals surface area contributed by atoms with Crippen molar-refractivity contribution >= 4 is 24.8 Å². The van der Waals surface area contributed by atoms with Gasteiger partial charge in [0, 0.05) is 17.1 Å². The van der Waals surface area contributed by atoms with Gasteiger partial charge in [-0.25, -0.2) is 0 Å². The summed E-state index contributed by atoms with van der Waals surface area (Å²) >= 11 is 0. The number of fused-ring (bicyclic) bond motifs is 2. The molecule has 0 amide bonds. The van der Waals surface area contributed by atoms with Crippen molar-refractivity contribution in [1.29, 1.82) is 0 Å². The number of aryl methyl sites for hydroxylation is 2. The second kappa shape index (κ2) is 4.20. The maximum absolute atomic E-state index is 4.61. The number of nitrogens with one attached hydrogen (secondary N) is 1. The molecule has 0 saturated carbocycles. The van der Waals surface area contributed by atoms with Crippen LogP contribution in [0.3, 0.4) is 0 Å². The first kappa shape index (κ1) is 11.9. The van der Waals surface area contributed by atoms with E-state index in [1.807, 2.05) is 5.93 Å². The van der Waals surface area contributed by atoms with E-state index < -0.39 is 0 Å². The molecule has 0 bridgehead atoms. The molecular weight excluding hydrogens is 239 g/mol. The van der Waals surface area contributed by atoms with Crippen LogP contribution in [0.2, 0.25) is 0 Å². The zero-order valence-electron chi connectivity index (χ0n) is 11.4. The zero-order chi connectivity index (χ0) is 12.9. The molecule has 3 rings (SSSR count). The lowest BCUT2D eigenvalue weighted by molar-refractivity contribution is 0.490. The lowest BCUT2D eigenvalue weighted by atomic mass is 9.84. The van der Waals surface area contributed by atoms with E-state index in [0.717, 1.165) is 6.42 Å². The molecule has 94 valence electrons. The van der Waals surface area contributed by atoms with Gasteiger partial charge < -0.3 is 5.32 Å². The Morgan fingerprint density at radius 2 is 2.06 bits per heavy atom. The van der Waals surface area contributed by atoms with Gasteiger partial charge in [-0.2, -0.15) is 0 Å². The number of anilines is 1. The van der Waals surface area contributed by atoms with Gasteiger partial charge >= 0.3 is 0 Å². The molecule has 2 heterocycles. The monoisotopic (exact) mass is 258 g/mol. The SMILES string of the molecule is Cc1c2c(c(C)c3ncpcc13)CC(C)C(C)N2. The van der Waals surface area contributed by atoms with Crippen LogP contribution in [0.25, 0.3) is 10.9 Å². The van der Waals surface area contributed by atoms with E-state index in [1.165, 1.54) is 41.5 Å². The Kier molecular flexibility index (Phi) is 2.79. The van der Waals surface area contributed by atoms with Crippen LogP contribution in [-0.2, 0) is 6.42 Å². The van der Waals surface area contributed by atoms with Crippen molar-refractivity contribution in [3.63, 3.8) is 0 Å². The van der Waals surface area contributed by atoms with Crippen molar-refractivity contribution in [2.45, 2.75) is 40.2 Å². The van der Waals surface area contributed by atoms with Crippen molar-refractivity contribution in [3.8, 4) is 0 Å². The molecule has 0 aliphatic carbocycles. The van der Waals surface area contributed by atoms with E-state index >= 15 is 0 Å². The predicted octanol–water partition coefficient (Wildman–Crippen LogP) is 4.42. The van der Waals surface area contributed by atoms with Gasteiger partial charge in [-0.3, -0.25) is 4.98 Å². The number of nitrogens with zero attached hydrogens (tertiary/aromatic N) is 1. The standard InChI is InChI=1S/C15H19N2P/c1-8-5-12-9(2)14-13(6-18-7-16-14)10(3)15(12)17-11(8)4/h6-8,11,17H,5H2,1-4H3. The Hall–Kier alpha value is -1.14. The quantitative estimate of drug-likeness (QED) is 0.756. The van der Waals surface area contributed by atoms with E-state index in [2.05, 4.69) is 43.8 Å². The minimum absolute atomic E-state index is 0.554. The van der Waals surface area contributed by atoms with Gasteiger partial charge in [0.2, 0.25) is 0 Å². The number of rotatable bonds is 0. The normalized spacial score (nSPS) is 23.1. The maximum Gasteiger partial charge on any atom is 0.0745 e. The molecule has 1 N–H and O–H groups in total. The van der Waals surface area contributed by atoms with E-state index in [0.29, 0.717) is 12.0 Å². The molecule has 0 fully saturated rings. The maximum atomic E-state index is 4.61. The van der Waals surface area contributed by atoms with Crippen LogP contribution in [-0.4, -0.2) is 11.0 Å². The summed E-state index contributed by atoms with van der Waals surface area (Å²) in [5.74, 6) is 4.95. The first-order valence-corrected chi connectivity index (χ1v) is 7.61. The lowest BCUT2D eigenvalue weighted by Crippen LogP contribution is -2.31. The van der Waals surface area contributed by atoms with Crippen LogP contribution in [0.1, 0.15) is 30.5 Å². The van der Waals surface area contributed by atoms with Gasteiger partial charge in [-0.1, -0.05) is 15.1 Å².